The number of aryl methyl sites for hydroxylation is 1. The van der Waals surface area contributed by atoms with Gasteiger partial charge in [-0.3, -0.25) is 4.79 Å². The Hall–Kier alpha value is -2.12. The first-order chi connectivity index (χ1) is 13.9. The van der Waals surface area contributed by atoms with Crippen molar-refractivity contribution in [1.29, 1.82) is 0 Å². The van der Waals surface area contributed by atoms with Crippen molar-refractivity contribution in [1.82, 2.24) is 0 Å². The molecule has 2 rings (SSSR count). The van der Waals surface area contributed by atoms with Gasteiger partial charge >= 0.3 is 12.4 Å². The zero-order valence-electron chi connectivity index (χ0n) is 16.1. The molecule has 0 aliphatic rings. The summed E-state index contributed by atoms with van der Waals surface area (Å²) in [5, 5.41) is 0.335. The monoisotopic (exact) mass is 452 g/mol. The highest BCUT2D eigenvalue weighted by atomic mass is 31.1. The molecule has 0 spiro atoms. The largest absolute Gasteiger partial charge is 0.491 e. The van der Waals surface area contributed by atoms with Crippen LogP contribution in [-0.2, 0) is 17.1 Å². The third-order valence-corrected chi connectivity index (χ3v) is 5.36. The quantitative estimate of drug-likeness (QED) is 0.298. The summed E-state index contributed by atoms with van der Waals surface area (Å²) in [6, 6.07) is 6.15. The van der Waals surface area contributed by atoms with E-state index < -0.39 is 43.1 Å². The van der Waals surface area contributed by atoms with Crippen LogP contribution in [0.15, 0.2) is 36.4 Å². The molecule has 30 heavy (non-hydrogen) atoms. The molecule has 1 atom stereocenters. The van der Waals surface area contributed by atoms with E-state index in [1.807, 2.05) is 6.92 Å². The van der Waals surface area contributed by atoms with Crippen LogP contribution in [0.3, 0.4) is 0 Å². The topological polar surface area (TPSA) is 35.5 Å². The number of hydrogen-bond donors (Lipinski definition) is 0. The lowest BCUT2D eigenvalue weighted by molar-refractivity contribution is -0.143. The molecule has 164 valence electrons. The van der Waals surface area contributed by atoms with Gasteiger partial charge in [0.15, 0.2) is 5.52 Å². The summed E-state index contributed by atoms with van der Waals surface area (Å²) in [6.07, 6.45) is -10.2. The van der Waals surface area contributed by atoms with Crippen LogP contribution < -0.4 is 10.0 Å². The van der Waals surface area contributed by atoms with Crippen LogP contribution >= 0.6 is 8.58 Å². The second kappa shape index (κ2) is 9.79. The molecule has 2 aromatic rings. The van der Waals surface area contributed by atoms with E-state index in [-0.39, 0.29) is 6.61 Å². The summed E-state index contributed by atoms with van der Waals surface area (Å²) in [7, 11) is -0.915. The van der Waals surface area contributed by atoms with Gasteiger partial charge < -0.3 is 9.47 Å². The Morgan fingerprint density at radius 3 is 2.07 bits per heavy atom. The Balaban J connectivity index is 2.32. The predicted molar refractivity (Wildman–Crippen MR) is 102 cm³/mol. The van der Waals surface area contributed by atoms with Gasteiger partial charge in [0.05, 0.1) is 17.7 Å². The number of halogens is 6. The van der Waals surface area contributed by atoms with Crippen LogP contribution in [-0.4, -0.2) is 25.3 Å². The summed E-state index contributed by atoms with van der Waals surface area (Å²) in [6.45, 7) is 4.61. The Labute approximate surface area is 171 Å². The van der Waals surface area contributed by atoms with Gasteiger partial charge in [0.2, 0.25) is 0 Å². The van der Waals surface area contributed by atoms with Crippen molar-refractivity contribution in [3.8, 4) is 5.75 Å². The maximum absolute atomic E-state index is 13.3. The molecule has 0 heterocycles. The zero-order valence-corrected chi connectivity index (χ0v) is 17.1. The molecule has 3 nitrogen and oxygen atoms in total. The summed E-state index contributed by atoms with van der Waals surface area (Å²) in [5.41, 5.74) is -5.25. The minimum absolute atomic E-state index is 0.280. The average Bonchev–Trinajstić information content (AvgIpc) is 2.65. The van der Waals surface area contributed by atoms with Gasteiger partial charge in [0, 0.05) is 12.2 Å². The first kappa shape index (κ1) is 24.2. The molecule has 0 saturated heterocycles. The van der Waals surface area contributed by atoms with Crippen molar-refractivity contribution < 1.29 is 40.6 Å². The third-order valence-electron chi connectivity index (χ3n) is 4.05. The lowest BCUT2D eigenvalue weighted by Crippen LogP contribution is -2.19. The number of carbonyl (C=O) groups excluding carboxylic acids is 1. The molecule has 0 fully saturated rings. The van der Waals surface area contributed by atoms with Gasteiger partial charge in [-0.15, -0.1) is 0 Å². The number of rotatable bonds is 8. The van der Waals surface area contributed by atoms with Crippen molar-refractivity contribution >= 4 is 19.4 Å². The van der Waals surface area contributed by atoms with Crippen molar-refractivity contribution in [3.63, 3.8) is 0 Å². The van der Waals surface area contributed by atoms with Gasteiger partial charge in [0.1, 0.15) is 12.4 Å². The van der Waals surface area contributed by atoms with Gasteiger partial charge in [-0.1, -0.05) is 12.1 Å². The fourth-order valence-corrected chi connectivity index (χ4v) is 3.76. The maximum Gasteiger partial charge on any atom is 0.417 e. The number of hydrogen-bond acceptors (Lipinski definition) is 3. The smallest absolute Gasteiger partial charge is 0.417 e. The molecule has 1 unspecified atom stereocenters. The summed E-state index contributed by atoms with van der Waals surface area (Å²) >= 11 is 0. The third kappa shape index (κ3) is 6.19. The molecule has 0 saturated carbocycles. The molecule has 0 amide bonds. The first-order valence-corrected chi connectivity index (χ1v) is 9.85. The van der Waals surface area contributed by atoms with Crippen LogP contribution in [0.4, 0.5) is 26.3 Å². The van der Waals surface area contributed by atoms with E-state index in [1.54, 1.807) is 13.0 Å². The van der Waals surface area contributed by atoms with Crippen LogP contribution in [0.5, 0.6) is 5.75 Å². The van der Waals surface area contributed by atoms with Crippen molar-refractivity contribution in [2.24, 2.45) is 0 Å². The molecule has 2 aromatic carbocycles. The van der Waals surface area contributed by atoms with E-state index in [0.717, 1.165) is 0 Å². The molecule has 0 radical (unpaired) electrons. The van der Waals surface area contributed by atoms with Crippen LogP contribution in [0.2, 0.25) is 0 Å². The Bertz CT molecular complexity index is 861. The molecule has 0 aromatic heterocycles. The van der Waals surface area contributed by atoms with E-state index in [9.17, 15) is 31.1 Å². The van der Waals surface area contributed by atoms with Crippen molar-refractivity contribution in [2.75, 3.05) is 19.8 Å². The minimum Gasteiger partial charge on any atom is -0.491 e. The lowest BCUT2D eigenvalue weighted by Gasteiger charge is -2.18. The fourth-order valence-electron chi connectivity index (χ4n) is 2.68. The number of carbonyl (C=O) groups is 1. The average molecular weight is 452 g/mol. The highest BCUT2D eigenvalue weighted by Crippen LogP contribution is 2.41. The van der Waals surface area contributed by atoms with Crippen molar-refractivity contribution in [2.45, 2.75) is 26.2 Å². The molecular weight excluding hydrogens is 433 g/mol. The summed E-state index contributed by atoms with van der Waals surface area (Å²) < 4.78 is 90.3. The van der Waals surface area contributed by atoms with Crippen LogP contribution in [0, 0.1) is 6.92 Å². The van der Waals surface area contributed by atoms with Gasteiger partial charge in [0.25, 0.3) is 0 Å². The van der Waals surface area contributed by atoms with Gasteiger partial charge in [-0.2, -0.15) is 26.3 Å². The van der Waals surface area contributed by atoms with E-state index in [4.69, 9.17) is 9.47 Å². The Kier molecular flexibility index (Phi) is 7.88. The molecule has 0 N–H and O–H groups in total. The molecule has 0 aliphatic carbocycles. The lowest BCUT2D eigenvalue weighted by atomic mass is 10.0. The highest BCUT2D eigenvalue weighted by Gasteiger charge is 2.42. The predicted octanol–water partition coefficient (Wildman–Crippen LogP) is 5.59. The van der Waals surface area contributed by atoms with E-state index in [1.165, 1.54) is 12.1 Å². The highest BCUT2D eigenvalue weighted by molar-refractivity contribution is 7.66. The zero-order chi connectivity index (χ0) is 22.5. The van der Waals surface area contributed by atoms with Crippen molar-refractivity contribution in [3.05, 3.63) is 58.7 Å². The normalized spacial score (nSPS) is 12.5. The SMILES string of the molecule is CCOCCOc1ccc(PC(=O)c2c(C(F)(F)F)cccc2C(F)(F)F)c(C)c1. The second-order valence-electron chi connectivity index (χ2n) is 6.20. The number of benzene rings is 2. The maximum atomic E-state index is 13.3. The van der Waals surface area contributed by atoms with Gasteiger partial charge in [-0.05, 0) is 57.6 Å². The molecule has 0 bridgehead atoms. The van der Waals surface area contributed by atoms with Crippen LogP contribution in [0.1, 0.15) is 34.0 Å². The summed E-state index contributed by atoms with van der Waals surface area (Å²) in [5.74, 6) is 0.458. The minimum atomic E-state index is -5.09. The van der Waals surface area contributed by atoms with Gasteiger partial charge in [-0.25, -0.2) is 0 Å². The van der Waals surface area contributed by atoms with E-state index in [0.29, 0.717) is 48.0 Å². The summed E-state index contributed by atoms with van der Waals surface area (Å²) in [4.78, 5) is 12.6. The number of ether oxygens (including phenoxy) is 2. The van der Waals surface area contributed by atoms with E-state index in [2.05, 4.69) is 0 Å². The molecular formula is C20H19F6O3P. The first-order valence-electron chi connectivity index (χ1n) is 8.85. The Morgan fingerprint density at radius 1 is 0.967 bits per heavy atom. The van der Waals surface area contributed by atoms with Crippen LogP contribution in [0.25, 0.3) is 0 Å². The fraction of sp³-hybridized carbons (Fsp3) is 0.350. The standard InChI is InChI=1S/C20H19F6O3P/c1-3-28-9-10-29-13-7-8-16(12(2)11-13)30-18(27)17-14(19(21,22)23)5-4-6-15(17)20(24,25)26/h4-8,11,30H,3,9-10H2,1-2H3. The second-order valence-corrected chi connectivity index (χ2v) is 7.44. The van der Waals surface area contributed by atoms with E-state index >= 15 is 0 Å². The number of alkyl halides is 6. The molecule has 0 aliphatic heterocycles. The Morgan fingerprint density at radius 2 is 1.57 bits per heavy atom. The molecule has 10 heteroatoms.